The molecule has 6 nitrogen and oxygen atoms in total. The van der Waals surface area contributed by atoms with Gasteiger partial charge in [-0.05, 0) is 32.9 Å². The lowest BCUT2D eigenvalue weighted by atomic mass is 9.99. The summed E-state index contributed by atoms with van der Waals surface area (Å²) in [7, 11) is 0. The Balaban J connectivity index is 2.61. The van der Waals surface area contributed by atoms with Crippen molar-refractivity contribution in [2.24, 2.45) is 0 Å². The van der Waals surface area contributed by atoms with Crippen molar-refractivity contribution < 1.29 is 19.4 Å². The monoisotopic (exact) mass is 318 g/mol. The predicted molar refractivity (Wildman–Crippen MR) is 83.8 cm³/mol. The number of hydrogen-bond donors (Lipinski definition) is 2. The van der Waals surface area contributed by atoms with Gasteiger partial charge in [0.05, 0.1) is 0 Å². The highest BCUT2D eigenvalue weighted by atomic mass is 32.2. The van der Waals surface area contributed by atoms with Crippen LogP contribution in [0.4, 0.5) is 4.79 Å². The molecule has 0 bridgehead atoms. The van der Waals surface area contributed by atoms with Crippen LogP contribution in [0.2, 0.25) is 0 Å². The molecule has 0 radical (unpaired) electrons. The molecule has 1 amide bonds. The number of alkyl carbamates (subject to hydrolysis) is 1. The first-order valence-electron chi connectivity index (χ1n) is 7.23. The minimum atomic E-state index is -1.24. The quantitative estimate of drug-likeness (QED) is 0.727. The van der Waals surface area contributed by atoms with E-state index in [1.165, 1.54) is 0 Å². The number of carbonyl (C=O) groups excluding carboxylic acids is 1. The molecule has 1 fully saturated rings. The number of aliphatic carboxylic acids is 1. The van der Waals surface area contributed by atoms with Gasteiger partial charge in [-0.2, -0.15) is 11.8 Å². The molecule has 1 aliphatic rings. The second kappa shape index (κ2) is 7.35. The number of likely N-dealkylation sites (tertiary alicyclic amines) is 1. The molecule has 7 heteroatoms. The Kier molecular flexibility index (Phi) is 6.34. The van der Waals surface area contributed by atoms with E-state index in [1.807, 2.05) is 11.8 Å². The highest BCUT2D eigenvalue weighted by Crippen LogP contribution is 2.23. The van der Waals surface area contributed by atoms with Crippen LogP contribution in [0, 0.1) is 0 Å². The third kappa shape index (κ3) is 5.74. The Hall–Kier alpha value is -0.950. The van der Waals surface area contributed by atoms with E-state index in [1.54, 1.807) is 20.8 Å². The highest BCUT2D eigenvalue weighted by Gasteiger charge is 2.46. The van der Waals surface area contributed by atoms with Crippen LogP contribution in [0.1, 0.15) is 34.1 Å². The predicted octanol–water partition coefficient (Wildman–Crippen LogP) is 1.79. The van der Waals surface area contributed by atoms with E-state index in [-0.39, 0.29) is 0 Å². The van der Waals surface area contributed by atoms with Crippen LogP contribution in [-0.2, 0) is 9.53 Å². The summed E-state index contributed by atoms with van der Waals surface area (Å²) in [6, 6.07) is 0. The SMILES string of the molecule is CCSCCN1CCC(NC(=O)OC(C)(C)C)(C(=O)O)C1. The van der Waals surface area contributed by atoms with Gasteiger partial charge in [0.15, 0.2) is 5.54 Å². The van der Waals surface area contributed by atoms with Gasteiger partial charge in [-0.15, -0.1) is 0 Å². The second-order valence-corrected chi connectivity index (χ2v) is 7.63. The lowest BCUT2D eigenvalue weighted by molar-refractivity contribution is -0.144. The van der Waals surface area contributed by atoms with E-state index in [9.17, 15) is 14.7 Å². The van der Waals surface area contributed by atoms with Gasteiger partial charge in [-0.3, -0.25) is 4.90 Å². The number of nitrogens with one attached hydrogen (secondary N) is 1. The van der Waals surface area contributed by atoms with Crippen molar-refractivity contribution in [1.82, 2.24) is 10.2 Å². The Morgan fingerprint density at radius 1 is 1.43 bits per heavy atom. The van der Waals surface area contributed by atoms with Gasteiger partial charge < -0.3 is 15.2 Å². The molecule has 21 heavy (non-hydrogen) atoms. The first-order valence-corrected chi connectivity index (χ1v) is 8.39. The Bertz CT molecular complexity index is 384. The molecule has 2 N–H and O–H groups in total. The molecular formula is C14H26N2O4S. The molecule has 1 atom stereocenters. The Morgan fingerprint density at radius 2 is 2.10 bits per heavy atom. The second-order valence-electron chi connectivity index (χ2n) is 6.24. The molecule has 1 heterocycles. The fraction of sp³-hybridized carbons (Fsp3) is 0.857. The topological polar surface area (TPSA) is 78.9 Å². The summed E-state index contributed by atoms with van der Waals surface area (Å²) in [5, 5.41) is 12.1. The lowest BCUT2D eigenvalue weighted by Crippen LogP contribution is -2.57. The summed E-state index contributed by atoms with van der Waals surface area (Å²) >= 11 is 1.82. The molecule has 122 valence electrons. The molecule has 1 rings (SSSR count). The third-order valence-corrected chi connectivity index (χ3v) is 4.13. The molecule has 1 aliphatic heterocycles. The van der Waals surface area contributed by atoms with Crippen molar-refractivity contribution in [2.45, 2.75) is 45.3 Å². The van der Waals surface area contributed by atoms with Gasteiger partial charge in [0.2, 0.25) is 0 Å². The van der Waals surface area contributed by atoms with Crippen LogP contribution in [0.3, 0.4) is 0 Å². The van der Waals surface area contributed by atoms with Gasteiger partial charge in [0, 0.05) is 25.4 Å². The molecule has 0 spiro atoms. The van der Waals surface area contributed by atoms with Crippen molar-refractivity contribution in [2.75, 3.05) is 31.1 Å². The number of carboxylic acids is 1. The first kappa shape index (κ1) is 18.1. The van der Waals surface area contributed by atoms with E-state index in [0.29, 0.717) is 19.5 Å². The van der Waals surface area contributed by atoms with Crippen LogP contribution in [0.25, 0.3) is 0 Å². The van der Waals surface area contributed by atoms with Crippen molar-refractivity contribution in [1.29, 1.82) is 0 Å². The fourth-order valence-corrected chi connectivity index (χ4v) is 2.92. The summed E-state index contributed by atoms with van der Waals surface area (Å²) in [4.78, 5) is 25.5. The van der Waals surface area contributed by atoms with Crippen LogP contribution >= 0.6 is 11.8 Å². The zero-order valence-electron chi connectivity index (χ0n) is 13.3. The van der Waals surface area contributed by atoms with Crippen molar-refractivity contribution in [3.8, 4) is 0 Å². The van der Waals surface area contributed by atoms with E-state index in [0.717, 1.165) is 18.1 Å². The number of nitrogens with zero attached hydrogens (tertiary/aromatic N) is 1. The number of rotatable bonds is 6. The van der Waals surface area contributed by atoms with Crippen LogP contribution in [0.5, 0.6) is 0 Å². The van der Waals surface area contributed by atoms with Gasteiger partial charge in [0.25, 0.3) is 0 Å². The molecule has 1 unspecified atom stereocenters. The number of hydrogen-bond acceptors (Lipinski definition) is 5. The molecule has 0 aliphatic carbocycles. The third-order valence-electron chi connectivity index (χ3n) is 3.25. The van der Waals surface area contributed by atoms with Crippen molar-refractivity contribution >= 4 is 23.8 Å². The Morgan fingerprint density at radius 3 is 2.62 bits per heavy atom. The smallest absolute Gasteiger partial charge is 0.408 e. The number of amides is 1. The van der Waals surface area contributed by atoms with Crippen molar-refractivity contribution in [3.05, 3.63) is 0 Å². The maximum Gasteiger partial charge on any atom is 0.408 e. The van der Waals surface area contributed by atoms with Crippen molar-refractivity contribution in [3.63, 3.8) is 0 Å². The fourth-order valence-electron chi connectivity index (χ4n) is 2.25. The summed E-state index contributed by atoms with van der Waals surface area (Å²) in [6.45, 7) is 9.19. The average molecular weight is 318 g/mol. The summed E-state index contributed by atoms with van der Waals surface area (Å²) < 4.78 is 5.17. The van der Waals surface area contributed by atoms with Crippen LogP contribution < -0.4 is 5.32 Å². The lowest BCUT2D eigenvalue weighted by Gasteiger charge is -2.28. The highest BCUT2D eigenvalue weighted by molar-refractivity contribution is 7.99. The minimum Gasteiger partial charge on any atom is -0.479 e. The molecule has 0 aromatic heterocycles. The van der Waals surface area contributed by atoms with Gasteiger partial charge in [0.1, 0.15) is 5.60 Å². The molecule has 0 aromatic carbocycles. The molecular weight excluding hydrogens is 292 g/mol. The largest absolute Gasteiger partial charge is 0.479 e. The zero-order valence-corrected chi connectivity index (χ0v) is 14.1. The Labute approximate surface area is 130 Å². The summed E-state index contributed by atoms with van der Waals surface area (Å²) in [5.74, 6) is 1.02. The summed E-state index contributed by atoms with van der Waals surface area (Å²) in [6.07, 6.45) is -0.270. The van der Waals surface area contributed by atoms with Gasteiger partial charge >= 0.3 is 12.1 Å². The average Bonchev–Trinajstić information content (AvgIpc) is 2.71. The molecule has 1 saturated heterocycles. The minimum absolute atomic E-state index is 0.325. The van der Waals surface area contributed by atoms with E-state index in [4.69, 9.17) is 4.74 Å². The van der Waals surface area contributed by atoms with E-state index >= 15 is 0 Å². The molecule has 0 saturated carbocycles. The number of thioether (sulfide) groups is 1. The zero-order chi connectivity index (χ0) is 16.1. The summed E-state index contributed by atoms with van der Waals surface area (Å²) in [5.41, 5.74) is -1.88. The van der Waals surface area contributed by atoms with Gasteiger partial charge in [-0.25, -0.2) is 9.59 Å². The molecule has 0 aromatic rings. The van der Waals surface area contributed by atoms with Gasteiger partial charge in [-0.1, -0.05) is 6.92 Å². The maximum absolute atomic E-state index is 11.9. The number of carbonyl (C=O) groups is 2. The standard InChI is InChI=1S/C14H26N2O4S/c1-5-21-9-8-16-7-6-14(10-16,11(17)18)15-12(19)20-13(2,3)4/h5-10H2,1-4H3,(H,15,19)(H,17,18). The number of ether oxygens (including phenoxy) is 1. The van der Waals surface area contributed by atoms with Crippen LogP contribution in [-0.4, -0.2) is 64.3 Å². The first-order chi connectivity index (χ1) is 9.68. The van der Waals surface area contributed by atoms with E-state index < -0.39 is 23.2 Å². The number of carboxylic acid groups (broad SMARTS) is 1. The maximum atomic E-state index is 11.9. The normalized spacial score (nSPS) is 23.0. The van der Waals surface area contributed by atoms with Crippen LogP contribution in [0.15, 0.2) is 0 Å². The van der Waals surface area contributed by atoms with E-state index in [2.05, 4.69) is 17.1 Å².